The second-order valence-electron chi connectivity index (χ2n) is 8.95. The molecular weight excluding hydrogens is 425 g/mol. The molecular formula is C25H30FN3O2S. The molecule has 5 nitrogen and oxygen atoms in total. The Labute approximate surface area is 192 Å². The van der Waals surface area contributed by atoms with Crippen molar-refractivity contribution in [3.05, 3.63) is 58.9 Å². The highest BCUT2D eigenvalue weighted by molar-refractivity contribution is 7.17. The minimum Gasteiger partial charge on any atom is -0.356 e. The Hall–Kier alpha value is -2.67. The molecule has 1 fully saturated rings. The lowest BCUT2D eigenvalue weighted by Gasteiger charge is -2.31. The highest BCUT2D eigenvalue weighted by Gasteiger charge is 2.29. The van der Waals surface area contributed by atoms with Crippen molar-refractivity contribution in [3.63, 3.8) is 0 Å². The van der Waals surface area contributed by atoms with Gasteiger partial charge in [0, 0.05) is 32.1 Å². The average molecular weight is 456 g/mol. The number of thiophene rings is 1. The Morgan fingerprint density at radius 1 is 1.16 bits per heavy atom. The van der Waals surface area contributed by atoms with Gasteiger partial charge in [-0.15, -0.1) is 11.3 Å². The van der Waals surface area contributed by atoms with Crippen LogP contribution in [0.3, 0.4) is 0 Å². The number of hydrogen-bond donors (Lipinski definition) is 1. The zero-order valence-corrected chi connectivity index (χ0v) is 19.5. The molecule has 3 aromatic rings. The van der Waals surface area contributed by atoms with Crippen LogP contribution in [0.25, 0.3) is 10.2 Å². The molecule has 0 unspecified atom stereocenters. The van der Waals surface area contributed by atoms with Crippen LogP contribution in [0.15, 0.2) is 41.8 Å². The molecule has 0 aliphatic carbocycles. The zero-order chi connectivity index (χ0) is 22.7. The van der Waals surface area contributed by atoms with Crippen LogP contribution in [0.5, 0.6) is 0 Å². The summed E-state index contributed by atoms with van der Waals surface area (Å²) in [6.07, 6.45) is 2.35. The number of nitrogens with zero attached hydrogens (tertiary/aromatic N) is 2. The van der Waals surface area contributed by atoms with E-state index in [9.17, 15) is 14.0 Å². The summed E-state index contributed by atoms with van der Waals surface area (Å²) in [6.45, 7) is 6.67. The number of likely N-dealkylation sites (tertiary alicyclic amines) is 1. The van der Waals surface area contributed by atoms with Crippen LogP contribution in [0.1, 0.15) is 49.2 Å². The number of halogens is 1. The maximum Gasteiger partial charge on any atom is 0.270 e. The van der Waals surface area contributed by atoms with Crippen molar-refractivity contribution in [3.8, 4) is 0 Å². The monoisotopic (exact) mass is 455 g/mol. The van der Waals surface area contributed by atoms with Gasteiger partial charge in [-0.2, -0.15) is 0 Å². The Balaban J connectivity index is 1.44. The fourth-order valence-electron chi connectivity index (χ4n) is 4.23. The van der Waals surface area contributed by atoms with Gasteiger partial charge in [0.05, 0.1) is 10.2 Å². The van der Waals surface area contributed by atoms with Gasteiger partial charge in [-0.05, 0) is 60.4 Å². The SMILES string of the molecule is CC(C)CCNC(=O)C1CCN(C(=O)c2cc3sccc3n2Cc2ccc(F)cc2)CC1. The molecule has 1 aliphatic rings. The second-order valence-corrected chi connectivity index (χ2v) is 9.90. The number of rotatable bonds is 7. The summed E-state index contributed by atoms with van der Waals surface area (Å²) >= 11 is 1.61. The van der Waals surface area contributed by atoms with Crippen LogP contribution in [0, 0.1) is 17.7 Å². The van der Waals surface area contributed by atoms with E-state index >= 15 is 0 Å². The van der Waals surface area contributed by atoms with Crippen molar-refractivity contribution in [2.75, 3.05) is 19.6 Å². The van der Waals surface area contributed by atoms with E-state index in [2.05, 4.69) is 19.2 Å². The summed E-state index contributed by atoms with van der Waals surface area (Å²) in [5, 5.41) is 5.06. The predicted molar refractivity (Wildman–Crippen MR) is 126 cm³/mol. The number of nitrogens with one attached hydrogen (secondary N) is 1. The van der Waals surface area contributed by atoms with Crippen molar-refractivity contribution in [1.29, 1.82) is 0 Å². The van der Waals surface area contributed by atoms with Crippen molar-refractivity contribution >= 4 is 33.4 Å². The first-order valence-electron chi connectivity index (χ1n) is 11.3. The van der Waals surface area contributed by atoms with Gasteiger partial charge in [0.15, 0.2) is 0 Å². The van der Waals surface area contributed by atoms with E-state index in [1.165, 1.54) is 12.1 Å². The molecule has 7 heteroatoms. The highest BCUT2D eigenvalue weighted by atomic mass is 32.1. The number of piperidine rings is 1. The van der Waals surface area contributed by atoms with Crippen molar-refractivity contribution in [1.82, 2.24) is 14.8 Å². The first-order chi connectivity index (χ1) is 15.4. The molecule has 3 heterocycles. The summed E-state index contributed by atoms with van der Waals surface area (Å²) in [7, 11) is 0. The third-order valence-corrected chi connectivity index (χ3v) is 7.02. The van der Waals surface area contributed by atoms with Crippen LogP contribution in [0.2, 0.25) is 0 Å². The Kier molecular flexibility index (Phi) is 6.94. The highest BCUT2D eigenvalue weighted by Crippen LogP contribution is 2.28. The van der Waals surface area contributed by atoms with E-state index in [0.717, 1.165) is 22.2 Å². The molecule has 2 aromatic heterocycles. The molecule has 2 amide bonds. The van der Waals surface area contributed by atoms with Gasteiger partial charge in [0.25, 0.3) is 5.91 Å². The van der Waals surface area contributed by atoms with Crippen LogP contribution < -0.4 is 5.32 Å². The fourth-order valence-corrected chi connectivity index (χ4v) is 5.05. The standard InChI is InChI=1S/C25H30FN3O2S/c1-17(2)7-11-27-24(30)19-8-12-28(13-9-19)25(31)22-15-23-21(10-14-32-23)29(22)16-18-3-5-20(26)6-4-18/h3-6,10,14-15,17,19H,7-9,11-13,16H2,1-2H3,(H,27,30). The molecule has 0 atom stereocenters. The number of fused-ring (bicyclic) bond motifs is 1. The summed E-state index contributed by atoms with van der Waals surface area (Å²) in [5.41, 5.74) is 2.61. The molecule has 1 aromatic carbocycles. The summed E-state index contributed by atoms with van der Waals surface area (Å²) < 4.78 is 16.4. The molecule has 170 valence electrons. The average Bonchev–Trinajstić information content (AvgIpc) is 3.37. The molecule has 0 radical (unpaired) electrons. The Morgan fingerprint density at radius 2 is 1.88 bits per heavy atom. The molecule has 1 N–H and O–H groups in total. The number of carbonyl (C=O) groups is 2. The van der Waals surface area contributed by atoms with Gasteiger partial charge < -0.3 is 14.8 Å². The van der Waals surface area contributed by atoms with Gasteiger partial charge in [0.1, 0.15) is 11.5 Å². The lowest BCUT2D eigenvalue weighted by molar-refractivity contribution is -0.126. The molecule has 0 saturated carbocycles. The third-order valence-electron chi connectivity index (χ3n) is 6.17. The van der Waals surface area contributed by atoms with Crippen LogP contribution in [-0.4, -0.2) is 40.9 Å². The topological polar surface area (TPSA) is 54.3 Å². The summed E-state index contributed by atoms with van der Waals surface area (Å²) in [5.74, 6) is 0.373. The van der Waals surface area contributed by atoms with Gasteiger partial charge in [-0.25, -0.2) is 4.39 Å². The van der Waals surface area contributed by atoms with E-state index in [1.54, 1.807) is 23.5 Å². The van der Waals surface area contributed by atoms with E-state index < -0.39 is 0 Å². The van der Waals surface area contributed by atoms with E-state index in [4.69, 9.17) is 0 Å². The zero-order valence-electron chi connectivity index (χ0n) is 18.6. The number of aromatic nitrogens is 1. The molecule has 0 spiro atoms. The molecule has 0 bridgehead atoms. The first-order valence-corrected chi connectivity index (χ1v) is 12.2. The van der Waals surface area contributed by atoms with Gasteiger partial charge in [-0.3, -0.25) is 9.59 Å². The van der Waals surface area contributed by atoms with Gasteiger partial charge >= 0.3 is 0 Å². The second kappa shape index (κ2) is 9.86. The maximum absolute atomic E-state index is 13.4. The molecule has 1 saturated heterocycles. The number of carbonyl (C=O) groups excluding carboxylic acids is 2. The third kappa shape index (κ3) is 5.04. The molecule has 4 rings (SSSR count). The van der Waals surface area contributed by atoms with Crippen molar-refractivity contribution in [2.24, 2.45) is 11.8 Å². The number of benzene rings is 1. The maximum atomic E-state index is 13.4. The van der Waals surface area contributed by atoms with Crippen molar-refractivity contribution < 1.29 is 14.0 Å². The number of hydrogen-bond acceptors (Lipinski definition) is 3. The lowest BCUT2D eigenvalue weighted by Crippen LogP contribution is -2.43. The van der Waals surface area contributed by atoms with Gasteiger partial charge in [-0.1, -0.05) is 26.0 Å². The lowest BCUT2D eigenvalue weighted by atomic mass is 9.95. The van der Waals surface area contributed by atoms with E-state index in [-0.39, 0.29) is 23.5 Å². The molecule has 32 heavy (non-hydrogen) atoms. The normalized spacial score (nSPS) is 14.9. The summed E-state index contributed by atoms with van der Waals surface area (Å²) in [6, 6.07) is 10.4. The first kappa shape index (κ1) is 22.5. The minimum atomic E-state index is -0.269. The van der Waals surface area contributed by atoms with Crippen LogP contribution in [-0.2, 0) is 11.3 Å². The smallest absolute Gasteiger partial charge is 0.270 e. The van der Waals surface area contributed by atoms with Crippen LogP contribution >= 0.6 is 11.3 Å². The largest absolute Gasteiger partial charge is 0.356 e. The van der Waals surface area contributed by atoms with Gasteiger partial charge in [0.2, 0.25) is 5.91 Å². The van der Waals surface area contributed by atoms with E-state index in [1.807, 2.05) is 27.0 Å². The molecule has 1 aliphatic heterocycles. The van der Waals surface area contributed by atoms with Crippen LogP contribution in [0.4, 0.5) is 4.39 Å². The Morgan fingerprint density at radius 3 is 2.56 bits per heavy atom. The predicted octanol–water partition coefficient (Wildman–Crippen LogP) is 4.90. The minimum absolute atomic E-state index is 0.00539. The van der Waals surface area contributed by atoms with E-state index in [0.29, 0.717) is 50.6 Å². The van der Waals surface area contributed by atoms with Crippen molar-refractivity contribution in [2.45, 2.75) is 39.7 Å². The summed E-state index contributed by atoms with van der Waals surface area (Å²) in [4.78, 5) is 27.7. The fraction of sp³-hybridized carbons (Fsp3) is 0.440. The quantitative estimate of drug-likeness (QED) is 0.551. The number of amides is 2. The Bertz CT molecular complexity index is 1080.